The predicted octanol–water partition coefficient (Wildman–Crippen LogP) is 8.27. The molecule has 0 bridgehead atoms. The van der Waals surface area contributed by atoms with E-state index in [0.29, 0.717) is 11.3 Å². The van der Waals surface area contributed by atoms with Crippen molar-refractivity contribution in [1.82, 2.24) is 0 Å². The molecule has 0 aromatic heterocycles. The van der Waals surface area contributed by atoms with Gasteiger partial charge in [0.2, 0.25) is 0 Å². The van der Waals surface area contributed by atoms with Gasteiger partial charge in [0.25, 0.3) is 0 Å². The first-order valence-corrected chi connectivity index (χ1v) is 13.5. The first-order valence-electron chi connectivity index (χ1n) is 13.5. The highest BCUT2D eigenvalue weighted by atomic mass is 16.3. The van der Waals surface area contributed by atoms with Gasteiger partial charge in [-0.1, -0.05) is 79.4 Å². The molecule has 0 amide bonds. The van der Waals surface area contributed by atoms with Crippen LogP contribution < -0.4 is 0 Å². The minimum Gasteiger partial charge on any atom is -0.393 e. The minimum absolute atomic E-state index is 0.0935. The highest BCUT2D eigenvalue weighted by Gasteiger charge is 2.56. The third-order valence-electron chi connectivity index (χ3n) is 9.98. The zero-order valence-corrected chi connectivity index (χ0v) is 21.3. The van der Waals surface area contributed by atoms with Crippen molar-refractivity contribution in [2.45, 2.75) is 119 Å². The van der Waals surface area contributed by atoms with Gasteiger partial charge in [0.15, 0.2) is 0 Å². The van der Waals surface area contributed by atoms with Crippen molar-refractivity contribution in [3.8, 4) is 0 Å². The summed E-state index contributed by atoms with van der Waals surface area (Å²) in [6.45, 7) is 17.5. The van der Waals surface area contributed by atoms with E-state index in [-0.39, 0.29) is 6.10 Å². The Hall–Kier alpha value is -0.300. The standard InChI is InChI=1S/C29H52O/c1-19(2)9-8-10-22(5)28-23(6)17-27-26(21(4)15-16-29(27,28)7)14-12-24-18-25(30)13-11-20(24)3/h12,19-23,25-28,30H,8-11,13-18H2,1-7H3/b24-12-/t20-,21+,22-,23?,25+,26-,27+,28+,29+/m1/s1. The fraction of sp³-hybridized carbons (Fsp3) is 0.931. The largest absolute Gasteiger partial charge is 0.393 e. The van der Waals surface area contributed by atoms with Gasteiger partial charge in [-0.15, -0.1) is 0 Å². The molecule has 174 valence electrons. The summed E-state index contributed by atoms with van der Waals surface area (Å²) in [6, 6.07) is 0. The molecule has 0 spiro atoms. The SMILES string of the molecule is CC(C)CCC[C@@H](C)[C@H]1C(C)C[C@H]2[C@H](C/C=C3/C[C@@H](O)CC[C@H]3C)[C@@H](C)CC[C@]12C. The monoisotopic (exact) mass is 416 g/mol. The van der Waals surface area contributed by atoms with Gasteiger partial charge in [-0.2, -0.15) is 0 Å². The highest BCUT2D eigenvalue weighted by molar-refractivity contribution is 5.12. The van der Waals surface area contributed by atoms with Crippen molar-refractivity contribution in [2.75, 3.05) is 0 Å². The number of allylic oxidation sites excluding steroid dienone is 1. The van der Waals surface area contributed by atoms with E-state index < -0.39 is 0 Å². The van der Waals surface area contributed by atoms with E-state index in [0.717, 1.165) is 54.3 Å². The molecule has 1 nitrogen and oxygen atoms in total. The summed E-state index contributed by atoms with van der Waals surface area (Å²) in [6.07, 6.45) is 15.4. The van der Waals surface area contributed by atoms with Crippen molar-refractivity contribution in [2.24, 2.45) is 52.8 Å². The Morgan fingerprint density at radius 2 is 1.77 bits per heavy atom. The molecule has 1 unspecified atom stereocenters. The lowest BCUT2D eigenvalue weighted by molar-refractivity contribution is -0.00259. The smallest absolute Gasteiger partial charge is 0.0577 e. The molecule has 3 aliphatic carbocycles. The molecule has 3 saturated carbocycles. The maximum absolute atomic E-state index is 10.2. The maximum Gasteiger partial charge on any atom is 0.0577 e. The van der Waals surface area contributed by atoms with Gasteiger partial charge in [0.1, 0.15) is 0 Å². The lowest BCUT2D eigenvalue weighted by atomic mass is 9.55. The van der Waals surface area contributed by atoms with Crippen molar-refractivity contribution in [3.05, 3.63) is 11.6 Å². The zero-order valence-electron chi connectivity index (χ0n) is 21.3. The van der Waals surface area contributed by atoms with Crippen LogP contribution in [0.4, 0.5) is 0 Å². The molecular weight excluding hydrogens is 364 g/mol. The van der Waals surface area contributed by atoms with Crippen LogP contribution >= 0.6 is 0 Å². The molecular formula is C29H52O. The third kappa shape index (κ3) is 5.19. The molecule has 1 heteroatoms. The van der Waals surface area contributed by atoms with Gasteiger partial charge >= 0.3 is 0 Å². The predicted molar refractivity (Wildman–Crippen MR) is 130 cm³/mol. The zero-order chi connectivity index (χ0) is 22.1. The Morgan fingerprint density at radius 3 is 2.47 bits per heavy atom. The second kappa shape index (κ2) is 10.1. The first-order chi connectivity index (χ1) is 14.1. The number of hydrogen-bond donors (Lipinski definition) is 1. The van der Waals surface area contributed by atoms with Crippen LogP contribution in [0.2, 0.25) is 0 Å². The molecule has 0 radical (unpaired) electrons. The molecule has 3 aliphatic rings. The number of hydrogen-bond acceptors (Lipinski definition) is 1. The molecule has 3 rings (SSSR count). The summed E-state index contributed by atoms with van der Waals surface area (Å²) in [5.41, 5.74) is 2.10. The van der Waals surface area contributed by atoms with E-state index in [4.69, 9.17) is 0 Å². The second-order valence-corrected chi connectivity index (χ2v) is 12.7. The molecule has 0 aromatic carbocycles. The van der Waals surface area contributed by atoms with Crippen LogP contribution in [0.3, 0.4) is 0 Å². The summed E-state index contributed by atoms with van der Waals surface area (Å²) < 4.78 is 0. The van der Waals surface area contributed by atoms with Crippen molar-refractivity contribution in [1.29, 1.82) is 0 Å². The van der Waals surface area contributed by atoms with Crippen LogP contribution in [-0.2, 0) is 0 Å². The van der Waals surface area contributed by atoms with Crippen LogP contribution in [0.5, 0.6) is 0 Å². The topological polar surface area (TPSA) is 20.2 Å². The average Bonchev–Trinajstić information content (AvgIpc) is 2.94. The van der Waals surface area contributed by atoms with E-state index in [9.17, 15) is 5.11 Å². The lowest BCUT2D eigenvalue weighted by Crippen LogP contribution is -2.42. The molecule has 3 fully saturated rings. The van der Waals surface area contributed by atoms with Crippen molar-refractivity contribution < 1.29 is 5.11 Å². The Kier molecular flexibility index (Phi) is 8.19. The maximum atomic E-state index is 10.2. The van der Waals surface area contributed by atoms with Crippen LogP contribution in [0.25, 0.3) is 0 Å². The van der Waals surface area contributed by atoms with Gasteiger partial charge in [0, 0.05) is 0 Å². The normalized spacial score (nSPS) is 44.4. The summed E-state index contributed by atoms with van der Waals surface area (Å²) in [5, 5.41) is 10.2. The summed E-state index contributed by atoms with van der Waals surface area (Å²) in [5.74, 6) is 6.77. The Morgan fingerprint density at radius 1 is 1.03 bits per heavy atom. The highest BCUT2D eigenvalue weighted by Crippen LogP contribution is 2.63. The van der Waals surface area contributed by atoms with E-state index >= 15 is 0 Å². The number of aliphatic hydroxyl groups excluding tert-OH is 1. The van der Waals surface area contributed by atoms with Crippen LogP contribution in [-0.4, -0.2) is 11.2 Å². The minimum atomic E-state index is -0.0935. The summed E-state index contributed by atoms with van der Waals surface area (Å²) in [7, 11) is 0. The van der Waals surface area contributed by atoms with E-state index in [1.165, 1.54) is 51.4 Å². The van der Waals surface area contributed by atoms with Gasteiger partial charge in [0.05, 0.1) is 6.10 Å². The first kappa shape index (κ1) is 24.3. The quantitative estimate of drug-likeness (QED) is 0.414. The number of rotatable bonds is 7. The molecule has 0 saturated heterocycles. The average molecular weight is 417 g/mol. The summed E-state index contributed by atoms with van der Waals surface area (Å²) >= 11 is 0. The third-order valence-corrected chi connectivity index (χ3v) is 9.98. The van der Waals surface area contributed by atoms with Gasteiger partial charge in [-0.3, -0.25) is 0 Å². The fourth-order valence-electron chi connectivity index (χ4n) is 8.29. The van der Waals surface area contributed by atoms with Crippen molar-refractivity contribution in [3.63, 3.8) is 0 Å². The fourth-order valence-corrected chi connectivity index (χ4v) is 8.29. The van der Waals surface area contributed by atoms with Crippen LogP contribution in [0.1, 0.15) is 113 Å². The van der Waals surface area contributed by atoms with Gasteiger partial charge in [-0.05, 0) is 97.7 Å². The number of fused-ring (bicyclic) bond motifs is 1. The van der Waals surface area contributed by atoms with E-state index in [1.54, 1.807) is 5.57 Å². The van der Waals surface area contributed by atoms with E-state index in [1.807, 2.05) is 0 Å². The molecule has 0 heterocycles. The molecule has 30 heavy (non-hydrogen) atoms. The Bertz CT molecular complexity index is 577. The lowest BCUT2D eigenvalue weighted by Gasteiger charge is -2.49. The van der Waals surface area contributed by atoms with E-state index in [2.05, 4.69) is 54.5 Å². The Balaban J connectivity index is 1.71. The molecule has 9 atom stereocenters. The van der Waals surface area contributed by atoms with Crippen LogP contribution in [0.15, 0.2) is 11.6 Å². The second-order valence-electron chi connectivity index (χ2n) is 12.7. The molecule has 1 N–H and O–H groups in total. The number of aliphatic hydroxyl groups is 1. The van der Waals surface area contributed by atoms with Gasteiger partial charge in [-0.25, -0.2) is 0 Å². The Labute approximate surface area is 188 Å². The van der Waals surface area contributed by atoms with Crippen LogP contribution in [0, 0.1) is 52.8 Å². The van der Waals surface area contributed by atoms with Gasteiger partial charge < -0.3 is 5.11 Å². The molecule has 0 aliphatic heterocycles. The molecule has 0 aromatic rings. The van der Waals surface area contributed by atoms with Crippen molar-refractivity contribution >= 4 is 0 Å². The summed E-state index contributed by atoms with van der Waals surface area (Å²) in [4.78, 5) is 0.